The standard InChI is InChI=1S/C25H32N4O10S/c30-21(31)10-27(18-3-1-2-4-19(18)28(11-22(32)33)12-23(34)35)9-20(29(13-24(36)37)14-25(38)39)16-5-7-17(8-6-16)26-15-40/h5-8,18-20H,1-4,9-14H2,(H,30,31)(H,32,33)(H,34,35)(H,36,37)(H,38,39)/t18-,19-,20?/m1/s1. The number of aliphatic carboxylic acids is 5. The second-order valence-electron chi connectivity index (χ2n) is 9.44. The Morgan fingerprint density at radius 3 is 1.60 bits per heavy atom. The van der Waals surface area contributed by atoms with E-state index in [0.717, 1.165) is 0 Å². The molecule has 15 heteroatoms. The molecule has 1 aliphatic carbocycles. The fourth-order valence-corrected chi connectivity index (χ4v) is 5.28. The molecule has 1 unspecified atom stereocenters. The van der Waals surface area contributed by atoms with Crippen LogP contribution in [-0.2, 0) is 24.0 Å². The summed E-state index contributed by atoms with van der Waals surface area (Å²) in [6.07, 6.45) is 2.20. The Labute approximate surface area is 235 Å². The molecule has 1 aliphatic rings. The Kier molecular flexibility index (Phi) is 12.8. The molecule has 0 saturated heterocycles. The monoisotopic (exact) mass is 580 g/mol. The van der Waals surface area contributed by atoms with Crippen molar-refractivity contribution in [2.24, 2.45) is 4.99 Å². The molecule has 0 radical (unpaired) electrons. The second-order valence-corrected chi connectivity index (χ2v) is 9.62. The number of benzene rings is 1. The van der Waals surface area contributed by atoms with Crippen molar-refractivity contribution in [3.8, 4) is 0 Å². The number of carbonyl (C=O) groups is 5. The zero-order valence-electron chi connectivity index (χ0n) is 21.6. The molecular weight excluding hydrogens is 548 g/mol. The van der Waals surface area contributed by atoms with Gasteiger partial charge in [-0.3, -0.25) is 38.7 Å². The van der Waals surface area contributed by atoms with Gasteiger partial charge in [-0.1, -0.05) is 25.0 Å². The molecule has 3 atom stereocenters. The first-order valence-corrected chi connectivity index (χ1v) is 12.8. The summed E-state index contributed by atoms with van der Waals surface area (Å²) >= 11 is 4.61. The highest BCUT2D eigenvalue weighted by Gasteiger charge is 2.38. The van der Waals surface area contributed by atoms with Crippen molar-refractivity contribution in [1.82, 2.24) is 14.7 Å². The van der Waals surface area contributed by atoms with Crippen LogP contribution in [0.1, 0.15) is 37.3 Å². The molecule has 0 amide bonds. The lowest BCUT2D eigenvalue weighted by molar-refractivity contribution is -0.146. The minimum atomic E-state index is -1.29. The van der Waals surface area contributed by atoms with E-state index in [4.69, 9.17) is 0 Å². The topological polar surface area (TPSA) is 209 Å². The van der Waals surface area contributed by atoms with E-state index in [0.29, 0.717) is 36.9 Å². The van der Waals surface area contributed by atoms with Crippen molar-refractivity contribution >= 4 is 52.9 Å². The summed E-state index contributed by atoms with van der Waals surface area (Å²) in [6.45, 7) is -3.09. The molecule has 1 aromatic carbocycles. The molecule has 0 aromatic heterocycles. The summed E-state index contributed by atoms with van der Waals surface area (Å²) < 4.78 is 0. The number of carboxylic acids is 5. The van der Waals surface area contributed by atoms with Crippen molar-refractivity contribution < 1.29 is 49.5 Å². The van der Waals surface area contributed by atoms with Crippen LogP contribution in [0.15, 0.2) is 29.3 Å². The quantitative estimate of drug-likeness (QED) is 0.129. The first kappa shape index (κ1) is 32.5. The molecule has 1 saturated carbocycles. The average Bonchev–Trinajstić information content (AvgIpc) is 2.85. The van der Waals surface area contributed by atoms with Gasteiger partial charge in [0.05, 0.1) is 43.6 Å². The maximum absolute atomic E-state index is 12.0. The zero-order chi connectivity index (χ0) is 29.8. The summed E-state index contributed by atoms with van der Waals surface area (Å²) in [5.41, 5.74) is 0.940. The third-order valence-corrected chi connectivity index (χ3v) is 6.72. The van der Waals surface area contributed by atoms with Crippen molar-refractivity contribution in [2.75, 3.05) is 39.3 Å². The van der Waals surface area contributed by atoms with Crippen LogP contribution < -0.4 is 0 Å². The minimum absolute atomic E-state index is 0.127. The fourth-order valence-electron chi connectivity index (χ4n) is 5.17. The van der Waals surface area contributed by atoms with Crippen LogP contribution in [0.2, 0.25) is 0 Å². The number of carboxylic acid groups (broad SMARTS) is 5. The SMILES string of the molecule is O=C(O)CN(CC(=O)O)C(CN(CC(=O)O)[C@@H]1CCCC[C@H]1N(CC(=O)O)CC(=O)O)c1ccc(N=C=S)cc1. The number of thiocarbonyl (C=S) groups is 1. The highest BCUT2D eigenvalue weighted by molar-refractivity contribution is 7.78. The highest BCUT2D eigenvalue weighted by Crippen LogP contribution is 2.31. The van der Waals surface area contributed by atoms with Gasteiger partial charge in [0.25, 0.3) is 0 Å². The largest absolute Gasteiger partial charge is 0.480 e. The smallest absolute Gasteiger partial charge is 0.317 e. The lowest BCUT2D eigenvalue weighted by Gasteiger charge is -2.45. The van der Waals surface area contributed by atoms with Crippen molar-refractivity contribution in [2.45, 2.75) is 43.8 Å². The third kappa shape index (κ3) is 10.4. The molecule has 218 valence electrons. The lowest BCUT2D eigenvalue weighted by Crippen LogP contribution is -2.58. The summed E-state index contributed by atoms with van der Waals surface area (Å²) in [4.78, 5) is 66.3. The van der Waals surface area contributed by atoms with Gasteiger partial charge in [-0.25, -0.2) is 0 Å². The number of hydrogen-bond acceptors (Lipinski definition) is 10. The first-order chi connectivity index (χ1) is 18.9. The molecule has 0 bridgehead atoms. The molecular formula is C25H32N4O10S. The van der Waals surface area contributed by atoms with Gasteiger partial charge in [0, 0.05) is 24.7 Å². The normalized spacial score (nSPS) is 17.8. The molecule has 14 nitrogen and oxygen atoms in total. The number of nitrogens with zero attached hydrogens (tertiary/aromatic N) is 4. The number of isothiocyanates is 1. The van der Waals surface area contributed by atoms with Gasteiger partial charge >= 0.3 is 29.8 Å². The lowest BCUT2D eigenvalue weighted by atomic mass is 9.87. The van der Waals surface area contributed by atoms with Gasteiger partial charge in [-0.2, -0.15) is 4.99 Å². The molecule has 5 N–H and O–H groups in total. The summed E-state index contributed by atoms with van der Waals surface area (Å²) in [7, 11) is 0. The molecule has 0 heterocycles. The maximum atomic E-state index is 12.0. The Hall–Kier alpha value is -3.75. The van der Waals surface area contributed by atoms with E-state index in [1.165, 1.54) is 9.80 Å². The molecule has 2 rings (SSSR count). The Bertz CT molecular complexity index is 1090. The predicted molar refractivity (Wildman–Crippen MR) is 143 cm³/mol. The van der Waals surface area contributed by atoms with Crippen LogP contribution in [-0.4, -0.2) is 127 Å². The molecule has 40 heavy (non-hydrogen) atoms. The zero-order valence-corrected chi connectivity index (χ0v) is 22.4. The first-order valence-electron chi connectivity index (χ1n) is 12.4. The van der Waals surface area contributed by atoms with Gasteiger partial charge in [0.15, 0.2) is 0 Å². The molecule has 0 spiro atoms. The van der Waals surface area contributed by atoms with E-state index in [9.17, 15) is 49.5 Å². The highest BCUT2D eigenvalue weighted by atomic mass is 32.1. The van der Waals surface area contributed by atoms with Gasteiger partial charge in [0.2, 0.25) is 0 Å². The van der Waals surface area contributed by atoms with Crippen LogP contribution in [0.5, 0.6) is 0 Å². The molecule has 1 fully saturated rings. The van der Waals surface area contributed by atoms with Crippen molar-refractivity contribution in [3.05, 3.63) is 29.8 Å². The second kappa shape index (κ2) is 15.7. The van der Waals surface area contributed by atoms with Crippen LogP contribution in [0.25, 0.3) is 0 Å². The van der Waals surface area contributed by atoms with Crippen molar-refractivity contribution in [1.29, 1.82) is 0 Å². The number of hydrogen-bond donors (Lipinski definition) is 5. The van der Waals surface area contributed by atoms with Crippen molar-refractivity contribution in [3.63, 3.8) is 0 Å². The van der Waals surface area contributed by atoms with E-state index >= 15 is 0 Å². The minimum Gasteiger partial charge on any atom is -0.480 e. The Morgan fingerprint density at radius 1 is 0.750 bits per heavy atom. The Morgan fingerprint density at radius 2 is 1.18 bits per heavy atom. The predicted octanol–water partition coefficient (Wildman–Crippen LogP) is 1.10. The van der Waals surface area contributed by atoms with Crippen LogP contribution in [0, 0.1) is 0 Å². The summed E-state index contributed by atoms with van der Waals surface area (Å²) in [5, 5.41) is 49.9. The van der Waals surface area contributed by atoms with Crippen LogP contribution in [0.4, 0.5) is 5.69 Å². The van der Waals surface area contributed by atoms with E-state index in [2.05, 4.69) is 22.4 Å². The van der Waals surface area contributed by atoms with E-state index < -0.39 is 80.7 Å². The van der Waals surface area contributed by atoms with Gasteiger partial charge in [0.1, 0.15) is 0 Å². The summed E-state index contributed by atoms with van der Waals surface area (Å²) in [6, 6.07) is 4.24. The van der Waals surface area contributed by atoms with Gasteiger partial charge < -0.3 is 25.5 Å². The number of rotatable bonds is 17. The van der Waals surface area contributed by atoms with Crippen LogP contribution >= 0.6 is 12.2 Å². The van der Waals surface area contributed by atoms with E-state index in [-0.39, 0.29) is 6.54 Å². The Balaban J connectivity index is 2.57. The van der Waals surface area contributed by atoms with Gasteiger partial charge in [-0.05, 0) is 42.8 Å². The summed E-state index contributed by atoms with van der Waals surface area (Å²) in [5.74, 6) is -6.26. The maximum Gasteiger partial charge on any atom is 0.317 e. The third-order valence-electron chi connectivity index (χ3n) is 6.62. The number of aliphatic imine (C=N–C) groups is 1. The molecule has 1 aromatic rings. The average molecular weight is 581 g/mol. The fraction of sp³-hybridized carbons (Fsp3) is 0.520. The van der Waals surface area contributed by atoms with E-state index in [1.54, 1.807) is 29.2 Å². The van der Waals surface area contributed by atoms with E-state index in [1.807, 2.05) is 0 Å². The van der Waals surface area contributed by atoms with Crippen LogP contribution in [0.3, 0.4) is 0 Å². The molecule has 0 aliphatic heterocycles. The van der Waals surface area contributed by atoms with Gasteiger partial charge in [-0.15, -0.1) is 0 Å².